The molecule has 26 nitrogen and oxygen atoms in total. The van der Waals surface area contributed by atoms with E-state index in [1.165, 1.54) is 47.6 Å². The van der Waals surface area contributed by atoms with Gasteiger partial charge in [-0.05, 0) is 54.3 Å². The molecular weight excluding hydrogens is 995 g/mol. The molecule has 0 spiro atoms. The van der Waals surface area contributed by atoms with E-state index in [4.69, 9.17) is 5.73 Å². The number of pyridine rings is 4. The average Bonchev–Trinajstić information content (AvgIpc) is 3.40. The molecule has 0 aliphatic rings. The van der Waals surface area contributed by atoms with Crippen molar-refractivity contribution in [2.75, 3.05) is 97.6 Å². The van der Waals surface area contributed by atoms with E-state index < -0.39 is 63.0 Å². The topological polar surface area (TPSA) is 382 Å². The number of nitrogens with two attached hydrogens (primary N) is 1. The second-order valence-electron chi connectivity index (χ2n) is 17.7. The van der Waals surface area contributed by atoms with E-state index in [9.17, 15) is 74.4 Å². The van der Waals surface area contributed by atoms with Crippen LogP contribution in [0.3, 0.4) is 0 Å². The molecule has 0 fully saturated rings. The van der Waals surface area contributed by atoms with Crippen molar-refractivity contribution >= 4 is 23.4 Å². The van der Waals surface area contributed by atoms with Crippen LogP contribution < -0.4 is 49.2 Å². The number of hydrogen-bond acceptors (Lipinski definition) is 19. The Hall–Kier alpha value is -7.85. The van der Waals surface area contributed by atoms with Gasteiger partial charge in [0, 0.05) is 134 Å². The average molecular weight is 1060 g/mol. The molecule has 14 N–H and O–H groups in total. The minimum atomic E-state index is -0.871. The fourth-order valence-corrected chi connectivity index (χ4v) is 8.34. The molecule has 4 heterocycles. The van der Waals surface area contributed by atoms with Crippen LogP contribution in [-0.2, 0) is 39.1 Å². The molecular formula is C50H67N11O15. The van der Waals surface area contributed by atoms with Gasteiger partial charge in [0.1, 0.15) is 0 Å². The van der Waals surface area contributed by atoms with Crippen LogP contribution in [0.2, 0.25) is 0 Å². The van der Waals surface area contributed by atoms with Gasteiger partial charge in [-0.1, -0.05) is 12.1 Å². The van der Waals surface area contributed by atoms with Gasteiger partial charge in [-0.15, -0.1) is 0 Å². The Morgan fingerprint density at radius 2 is 0.829 bits per heavy atom. The molecule has 0 bridgehead atoms. The van der Waals surface area contributed by atoms with E-state index in [-0.39, 0.29) is 128 Å². The Kier molecular flexibility index (Phi) is 22.8. The van der Waals surface area contributed by atoms with Gasteiger partial charge in [-0.25, -0.2) is 0 Å². The second-order valence-corrected chi connectivity index (χ2v) is 17.7. The number of rotatable bonds is 31. The number of aromatic hydroxyl groups is 4. The Morgan fingerprint density at radius 1 is 0.487 bits per heavy atom. The Labute approximate surface area is 435 Å². The highest BCUT2D eigenvalue weighted by atomic mass is 16.3. The minimum absolute atomic E-state index is 0.00191. The number of aliphatic hydroxyl groups is 4. The first-order valence-corrected chi connectivity index (χ1v) is 24.5. The van der Waals surface area contributed by atoms with Crippen molar-refractivity contribution in [3.05, 3.63) is 143 Å². The number of nitrogens with zero attached hydrogens (tertiary/aromatic N) is 6. The van der Waals surface area contributed by atoms with Gasteiger partial charge in [0.25, 0.3) is 40.0 Å². The highest BCUT2D eigenvalue weighted by Gasteiger charge is 2.23. The molecule has 0 saturated carbocycles. The number of nitrogen functional groups attached to an aromatic ring is 1. The monoisotopic (exact) mass is 1060 g/mol. The fourth-order valence-electron chi connectivity index (χ4n) is 8.34. The Bertz CT molecular complexity index is 2910. The van der Waals surface area contributed by atoms with Crippen molar-refractivity contribution in [3.8, 4) is 23.0 Å². The summed E-state index contributed by atoms with van der Waals surface area (Å²) in [6, 6.07) is 12.5. The quantitative estimate of drug-likeness (QED) is 0.0152. The van der Waals surface area contributed by atoms with Crippen molar-refractivity contribution in [1.82, 2.24) is 49.3 Å². The molecule has 0 aliphatic carbocycles. The van der Waals surface area contributed by atoms with Crippen LogP contribution in [-0.4, -0.2) is 179 Å². The van der Waals surface area contributed by atoms with Gasteiger partial charge in [0.2, 0.25) is 0 Å². The van der Waals surface area contributed by atoms with Gasteiger partial charge >= 0.3 is 0 Å². The Balaban J connectivity index is 1.41. The van der Waals surface area contributed by atoms with E-state index in [0.717, 1.165) is 19.3 Å². The van der Waals surface area contributed by atoms with Crippen LogP contribution in [0.15, 0.2) is 92.5 Å². The molecule has 76 heavy (non-hydrogen) atoms. The fraction of sp³-hybridized carbons (Fsp3) is 0.420. The number of amides is 3. The molecule has 0 saturated heterocycles. The smallest absolute Gasteiger partial charge is 0.293 e. The molecule has 0 aliphatic heterocycles. The number of hydrogen-bond donors (Lipinski definition) is 13. The van der Waals surface area contributed by atoms with Crippen LogP contribution in [0.25, 0.3) is 0 Å². The third kappa shape index (κ3) is 16.3. The molecule has 5 aromatic rings. The normalized spacial score (nSPS) is 11.8. The Morgan fingerprint density at radius 3 is 1.20 bits per heavy atom. The van der Waals surface area contributed by atoms with E-state index in [0.29, 0.717) is 37.3 Å². The number of aromatic nitrogens is 4. The second kappa shape index (κ2) is 29.3. The van der Waals surface area contributed by atoms with E-state index in [2.05, 4.69) is 21.3 Å². The van der Waals surface area contributed by atoms with Crippen LogP contribution in [0.5, 0.6) is 23.0 Å². The summed E-state index contributed by atoms with van der Waals surface area (Å²) in [5.41, 5.74) is 3.65. The zero-order valence-corrected chi connectivity index (χ0v) is 41.8. The maximum absolute atomic E-state index is 13.4. The largest absolute Gasteiger partial charge is 0.503 e. The summed E-state index contributed by atoms with van der Waals surface area (Å²) in [5.74, 6) is -5.41. The number of aliphatic hydroxyl groups excluding tert-OH is 4. The van der Waals surface area contributed by atoms with Crippen LogP contribution in [0, 0.1) is 5.92 Å². The first-order chi connectivity index (χ1) is 36.5. The maximum atomic E-state index is 13.4. The number of carbonyl (C=O) groups excluding carboxylic acids is 3. The molecule has 0 radical (unpaired) electrons. The van der Waals surface area contributed by atoms with Crippen molar-refractivity contribution in [2.45, 2.75) is 39.1 Å². The lowest BCUT2D eigenvalue weighted by molar-refractivity contribution is 0.0935. The molecule has 3 amide bonds. The minimum Gasteiger partial charge on any atom is -0.503 e. The number of carbonyl (C=O) groups is 3. The van der Waals surface area contributed by atoms with Crippen LogP contribution in [0.4, 0.5) is 5.69 Å². The van der Waals surface area contributed by atoms with Gasteiger partial charge in [-0.2, -0.15) is 0 Å². The molecule has 5 rings (SSSR count). The highest BCUT2D eigenvalue weighted by Crippen LogP contribution is 2.17. The summed E-state index contributed by atoms with van der Waals surface area (Å²) in [4.78, 5) is 94.7. The molecule has 1 unspecified atom stereocenters. The molecule has 26 heteroatoms. The predicted octanol–water partition coefficient (Wildman–Crippen LogP) is -3.45. The van der Waals surface area contributed by atoms with Gasteiger partial charge in [-0.3, -0.25) is 43.4 Å². The van der Waals surface area contributed by atoms with Crippen molar-refractivity contribution in [2.24, 2.45) is 5.92 Å². The van der Waals surface area contributed by atoms with Crippen LogP contribution >= 0.6 is 0 Å². The zero-order valence-electron chi connectivity index (χ0n) is 41.8. The summed E-state index contributed by atoms with van der Waals surface area (Å²) < 4.78 is 4.35. The summed E-state index contributed by atoms with van der Waals surface area (Å²) in [6.45, 7) is 0.0538. The highest BCUT2D eigenvalue weighted by molar-refractivity contribution is 5.97. The van der Waals surface area contributed by atoms with Crippen LogP contribution in [0.1, 0.15) is 42.2 Å². The first kappa shape index (κ1) is 59.0. The van der Waals surface area contributed by atoms with E-state index in [1.54, 1.807) is 18.2 Å². The zero-order chi connectivity index (χ0) is 55.3. The van der Waals surface area contributed by atoms with E-state index in [1.807, 2.05) is 21.9 Å². The van der Waals surface area contributed by atoms with Crippen molar-refractivity contribution in [3.63, 3.8) is 0 Å². The van der Waals surface area contributed by atoms with Gasteiger partial charge in [0.05, 0.1) is 43.1 Å². The number of benzene rings is 1. The van der Waals surface area contributed by atoms with E-state index >= 15 is 0 Å². The first-order valence-electron chi connectivity index (χ1n) is 24.5. The standard InChI is InChI=1S/C50H67N11O15/c51-36-3-1-33(2-4-36)29-34(31-56(17-9-52-30-35-5-13-58(21-25-62)47(73)40(35)66)18-10-53-44(70)37-6-14-59(22-26-63)48(74)41(37)67)32-57(19-11-54-45(71)38-7-15-60(23-27-64)49(75)42(38)68)20-12-55-46(72)39-8-16-61(24-28-65)50(76)43(39)69/h1-8,13-16,34,52,62-69H,9-12,17-32,51H2,(H,53,70)(H,54,71)(H,55,72). The van der Waals surface area contributed by atoms with Crippen molar-refractivity contribution in [1.29, 1.82) is 0 Å². The third-order valence-corrected chi connectivity index (χ3v) is 12.3. The molecule has 412 valence electrons. The summed E-state index contributed by atoms with van der Waals surface area (Å²) in [6.07, 6.45) is 5.73. The lowest BCUT2D eigenvalue weighted by atomic mass is 9.97. The summed E-state index contributed by atoms with van der Waals surface area (Å²) in [5, 5.41) is 91.0. The summed E-state index contributed by atoms with van der Waals surface area (Å²) in [7, 11) is 0. The van der Waals surface area contributed by atoms with Gasteiger partial charge < -0.3 is 86.1 Å². The van der Waals surface area contributed by atoms with Gasteiger partial charge in [0.15, 0.2) is 23.0 Å². The third-order valence-electron chi connectivity index (χ3n) is 12.3. The number of nitrogens with one attached hydrogen (secondary N) is 4. The lowest BCUT2D eigenvalue weighted by Gasteiger charge is -2.32. The SMILES string of the molecule is Nc1ccc(CC(CN(CCNCc2ccn(CCO)c(=O)c2O)CCNC(=O)c2ccn(CCO)c(=O)c2O)CN(CCNC(=O)c2ccn(CCO)c(=O)c2O)CCNC(=O)c2ccn(CCO)c(=O)c2O)cc1. The molecule has 4 aromatic heterocycles. The molecule has 1 atom stereocenters. The molecule has 1 aromatic carbocycles. The number of anilines is 1. The van der Waals surface area contributed by atoms with Crippen molar-refractivity contribution < 1.29 is 55.2 Å². The maximum Gasteiger partial charge on any atom is 0.293 e. The summed E-state index contributed by atoms with van der Waals surface area (Å²) >= 11 is 0. The predicted molar refractivity (Wildman–Crippen MR) is 277 cm³/mol. The lowest BCUT2D eigenvalue weighted by Crippen LogP contribution is -2.46.